The van der Waals surface area contributed by atoms with E-state index in [0.29, 0.717) is 6.61 Å². The van der Waals surface area contributed by atoms with Gasteiger partial charge in [-0.05, 0) is 17.7 Å². The molecule has 0 saturated carbocycles. The van der Waals surface area contributed by atoms with Crippen LogP contribution in [0.1, 0.15) is 12.0 Å². The van der Waals surface area contributed by atoms with E-state index in [-0.39, 0.29) is 25.4 Å². The van der Waals surface area contributed by atoms with E-state index in [2.05, 4.69) is 5.32 Å². The number of ether oxygens (including phenoxy) is 1. The maximum atomic E-state index is 12.8. The predicted octanol–water partition coefficient (Wildman–Crippen LogP) is 1.21. The number of hydrogen-bond acceptors (Lipinski definition) is 3. The first-order valence-electron chi connectivity index (χ1n) is 6.52. The number of aliphatic carboxylic acids is 1. The fourth-order valence-electron chi connectivity index (χ4n) is 2.12. The molecule has 7 heteroatoms. The molecule has 1 atom stereocenters. The van der Waals surface area contributed by atoms with Gasteiger partial charge in [-0.15, -0.1) is 0 Å². The summed E-state index contributed by atoms with van der Waals surface area (Å²) in [5.74, 6) is -1.46. The van der Waals surface area contributed by atoms with Crippen molar-refractivity contribution in [2.24, 2.45) is 0 Å². The van der Waals surface area contributed by atoms with Crippen LogP contribution in [0.15, 0.2) is 24.3 Å². The highest BCUT2D eigenvalue weighted by Gasteiger charge is 2.44. The molecule has 1 aromatic carbocycles. The van der Waals surface area contributed by atoms with Gasteiger partial charge in [-0.3, -0.25) is 0 Å². The van der Waals surface area contributed by atoms with Crippen molar-refractivity contribution in [3.63, 3.8) is 0 Å². The molecule has 2 amide bonds. The van der Waals surface area contributed by atoms with Crippen molar-refractivity contribution in [2.45, 2.75) is 18.5 Å². The first kappa shape index (κ1) is 15.2. The second-order valence-corrected chi connectivity index (χ2v) is 5.10. The first-order valence-corrected chi connectivity index (χ1v) is 6.52. The van der Waals surface area contributed by atoms with Crippen molar-refractivity contribution in [3.05, 3.63) is 35.6 Å². The second-order valence-electron chi connectivity index (χ2n) is 5.10. The van der Waals surface area contributed by atoms with Gasteiger partial charge in [0.15, 0.2) is 5.54 Å². The van der Waals surface area contributed by atoms with Crippen LogP contribution >= 0.6 is 0 Å². The van der Waals surface area contributed by atoms with E-state index < -0.39 is 17.5 Å². The zero-order chi connectivity index (χ0) is 15.5. The smallest absolute Gasteiger partial charge is 0.332 e. The zero-order valence-corrected chi connectivity index (χ0v) is 11.6. The van der Waals surface area contributed by atoms with Crippen molar-refractivity contribution < 1.29 is 23.8 Å². The minimum atomic E-state index is -1.37. The number of urea groups is 1. The highest BCUT2D eigenvalue weighted by Crippen LogP contribution is 2.19. The molecule has 1 aliphatic rings. The average Bonchev–Trinajstić information content (AvgIpc) is 2.91. The summed E-state index contributed by atoms with van der Waals surface area (Å²) in [6.07, 6.45) is 0.235. The fraction of sp³-hybridized carbons (Fsp3) is 0.429. The number of carbonyl (C=O) groups excluding carboxylic acids is 1. The molecule has 21 heavy (non-hydrogen) atoms. The summed E-state index contributed by atoms with van der Waals surface area (Å²) >= 11 is 0. The lowest BCUT2D eigenvalue weighted by molar-refractivity contribution is -0.144. The maximum absolute atomic E-state index is 12.8. The van der Waals surface area contributed by atoms with Gasteiger partial charge in [-0.25, -0.2) is 14.0 Å². The number of nitrogens with one attached hydrogen (secondary N) is 1. The molecule has 1 aliphatic heterocycles. The van der Waals surface area contributed by atoms with E-state index in [0.717, 1.165) is 5.56 Å². The van der Waals surface area contributed by atoms with Crippen LogP contribution in [0.4, 0.5) is 9.18 Å². The number of halogens is 1. The summed E-state index contributed by atoms with van der Waals surface area (Å²) in [4.78, 5) is 24.8. The summed E-state index contributed by atoms with van der Waals surface area (Å²) in [7, 11) is 1.55. The number of carboxylic acids is 1. The SMILES string of the molecule is CN(Cc1ccc(F)cc1)C(=O)NC1(C(=O)O)CCOC1. The Hall–Kier alpha value is -2.15. The Morgan fingerprint density at radius 1 is 1.43 bits per heavy atom. The van der Waals surface area contributed by atoms with Gasteiger partial charge >= 0.3 is 12.0 Å². The molecule has 6 nitrogen and oxygen atoms in total. The number of hydrogen-bond donors (Lipinski definition) is 2. The van der Waals surface area contributed by atoms with Crippen LogP contribution in [0.5, 0.6) is 0 Å². The molecule has 1 saturated heterocycles. The molecular formula is C14H17FN2O4. The highest BCUT2D eigenvalue weighted by molar-refractivity contribution is 5.86. The van der Waals surface area contributed by atoms with Crippen LogP contribution in [0.3, 0.4) is 0 Å². The number of nitrogens with zero attached hydrogens (tertiary/aromatic N) is 1. The maximum Gasteiger partial charge on any atom is 0.332 e. The van der Waals surface area contributed by atoms with Gasteiger partial charge in [0, 0.05) is 26.6 Å². The minimum absolute atomic E-state index is 0.0432. The largest absolute Gasteiger partial charge is 0.479 e. The van der Waals surface area contributed by atoms with Gasteiger partial charge in [0.25, 0.3) is 0 Å². The molecule has 1 aromatic rings. The van der Waals surface area contributed by atoms with E-state index in [1.165, 1.54) is 17.0 Å². The van der Waals surface area contributed by atoms with Gasteiger partial charge < -0.3 is 20.1 Å². The predicted molar refractivity (Wildman–Crippen MR) is 72.2 cm³/mol. The van der Waals surface area contributed by atoms with Crippen LogP contribution in [0.2, 0.25) is 0 Å². The zero-order valence-electron chi connectivity index (χ0n) is 11.6. The van der Waals surface area contributed by atoms with Gasteiger partial charge in [-0.1, -0.05) is 12.1 Å². The molecule has 0 aliphatic carbocycles. The molecule has 2 N–H and O–H groups in total. The number of carboxylic acid groups (broad SMARTS) is 1. The Kier molecular flexibility index (Phi) is 4.42. The lowest BCUT2D eigenvalue weighted by Crippen LogP contribution is -2.57. The van der Waals surface area contributed by atoms with Crippen molar-refractivity contribution in [1.82, 2.24) is 10.2 Å². The Morgan fingerprint density at radius 2 is 2.10 bits per heavy atom. The molecule has 1 fully saturated rings. The minimum Gasteiger partial charge on any atom is -0.479 e. The third-order valence-electron chi connectivity index (χ3n) is 3.46. The van der Waals surface area contributed by atoms with Gasteiger partial charge in [0.1, 0.15) is 5.82 Å². The number of rotatable bonds is 4. The monoisotopic (exact) mass is 296 g/mol. The van der Waals surface area contributed by atoms with Gasteiger partial charge in [0.2, 0.25) is 0 Å². The van der Waals surface area contributed by atoms with Crippen molar-refractivity contribution in [3.8, 4) is 0 Å². The van der Waals surface area contributed by atoms with E-state index in [9.17, 15) is 19.1 Å². The van der Waals surface area contributed by atoms with E-state index in [4.69, 9.17) is 4.74 Å². The Bertz CT molecular complexity index is 526. The molecule has 0 radical (unpaired) electrons. The van der Waals surface area contributed by atoms with Gasteiger partial charge in [-0.2, -0.15) is 0 Å². The van der Waals surface area contributed by atoms with Gasteiger partial charge in [0.05, 0.1) is 6.61 Å². The molecule has 1 heterocycles. The second kappa shape index (κ2) is 6.09. The normalized spacial score (nSPS) is 21.0. The highest BCUT2D eigenvalue weighted by atomic mass is 19.1. The molecule has 1 unspecified atom stereocenters. The standard InChI is InChI=1S/C14H17FN2O4/c1-17(8-10-2-4-11(15)5-3-10)13(20)16-14(12(18)19)6-7-21-9-14/h2-5H,6-9H2,1H3,(H,16,20)(H,18,19). The van der Waals surface area contributed by atoms with E-state index >= 15 is 0 Å². The fourth-order valence-corrected chi connectivity index (χ4v) is 2.12. The van der Waals surface area contributed by atoms with E-state index in [1.54, 1.807) is 19.2 Å². The van der Waals surface area contributed by atoms with Crippen molar-refractivity contribution in [1.29, 1.82) is 0 Å². The third kappa shape index (κ3) is 3.49. The number of carbonyl (C=O) groups is 2. The summed E-state index contributed by atoms with van der Waals surface area (Å²) in [5, 5.41) is 11.8. The van der Waals surface area contributed by atoms with Crippen LogP contribution in [-0.4, -0.2) is 47.8 Å². The van der Waals surface area contributed by atoms with Crippen LogP contribution in [0, 0.1) is 5.82 Å². The molecular weight excluding hydrogens is 279 g/mol. The van der Waals surface area contributed by atoms with Crippen molar-refractivity contribution in [2.75, 3.05) is 20.3 Å². The Balaban J connectivity index is 1.99. The molecule has 0 aromatic heterocycles. The molecule has 114 valence electrons. The first-order chi connectivity index (χ1) is 9.93. The summed E-state index contributed by atoms with van der Waals surface area (Å²) < 4.78 is 17.9. The lowest BCUT2D eigenvalue weighted by Gasteiger charge is -2.27. The molecule has 0 bridgehead atoms. The molecule has 2 rings (SSSR count). The van der Waals surface area contributed by atoms with Crippen LogP contribution < -0.4 is 5.32 Å². The Morgan fingerprint density at radius 3 is 2.62 bits per heavy atom. The Labute approximate surface area is 121 Å². The average molecular weight is 296 g/mol. The summed E-state index contributed by atoms with van der Waals surface area (Å²) in [6.45, 7) is 0.509. The quantitative estimate of drug-likeness (QED) is 0.875. The topological polar surface area (TPSA) is 78.9 Å². The van der Waals surface area contributed by atoms with Crippen LogP contribution in [-0.2, 0) is 16.1 Å². The number of amides is 2. The summed E-state index contributed by atoms with van der Waals surface area (Å²) in [5.41, 5.74) is -0.616. The lowest BCUT2D eigenvalue weighted by atomic mass is 9.99. The van der Waals surface area contributed by atoms with Crippen LogP contribution in [0.25, 0.3) is 0 Å². The third-order valence-corrected chi connectivity index (χ3v) is 3.46. The number of benzene rings is 1. The van der Waals surface area contributed by atoms with E-state index in [1.807, 2.05) is 0 Å². The van der Waals surface area contributed by atoms with Crippen molar-refractivity contribution >= 4 is 12.0 Å². The summed E-state index contributed by atoms with van der Waals surface area (Å²) in [6, 6.07) is 5.26. The molecule has 0 spiro atoms.